The largest absolute Gasteiger partial charge is 0.331 e. The van der Waals surface area contributed by atoms with Gasteiger partial charge in [-0.15, -0.1) is 10.2 Å². The lowest BCUT2D eigenvalue weighted by Gasteiger charge is -2.14. The third-order valence-electron chi connectivity index (χ3n) is 5.47. The Morgan fingerprint density at radius 2 is 1.93 bits per heavy atom. The molecule has 1 aliphatic rings. The van der Waals surface area contributed by atoms with Gasteiger partial charge in [-0.25, -0.2) is 13.2 Å². The van der Waals surface area contributed by atoms with Crippen molar-refractivity contribution in [1.82, 2.24) is 19.3 Å². The van der Waals surface area contributed by atoms with Crippen LogP contribution >= 0.6 is 11.3 Å². The van der Waals surface area contributed by atoms with Crippen LogP contribution in [0.1, 0.15) is 29.8 Å². The summed E-state index contributed by atoms with van der Waals surface area (Å²) in [5.41, 5.74) is -1.52. The fourth-order valence-electron chi connectivity index (χ4n) is 3.56. The van der Waals surface area contributed by atoms with Crippen molar-refractivity contribution in [2.75, 3.05) is 12.4 Å². The molecule has 4 rings (SSSR count). The Kier molecular flexibility index (Phi) is 5.13. The van der Waals surface area contributed by atoms with E-state index in [0.717, 1.165) is 4.57 Å². The topological polar surface area (TPSA) is 104 Å². The molecular weight excluding hydrogens is 431 g/mol. The second kappa shape index (κ2) is 7.38. The predicted octanol–water partition coefficient (Wildman–Crippen LogP) is 1.91. The molecular formula is C19H21FN4O4S2. The first-order chi connectivity index (χ1) is 14.2. The van der Waals surface area contributed by atoms with Crippen LogP contribution in [-0.2, 0) is 22.9 Å². The minimum Gasteiger partial charge on any atom is -0.293 e. The van der Waals surface area contributed by atoms with Crippen LogP contribution in [0.25, 0.3) is 10.9 Å². The smallest absolute Gasteiger partial charge is 0.293 e. The summed E-state index contributed by atoms with van der Waals surface area (Å²) in [6.45, 7) is 3.13. The number of benzene rings is 1. The van der Waals surface area contributed by atoms with Gasteiger partial charge in [0.05, 0.1) is 34.8 Å². The van der Waals surface area contributed by atoms with Crippen molar-refractivity contribution >= 4 is 32.1 Å². The van der Waals surface area contributed by atoms with Gasteiger partial charge in [0.15, 0.2) is 9.84 Å². The van der Waals surface area contributed by atoms with E-state index >= 15 is 0 Å². The lowest BCUT2D eigenvalue weighted by Crippen LogP contribution is -2.40. The summed E-state index contributed by atoms with van der Waals surface area (Å²) in [5.74, 6) is -0.284. The Morgan fingerprint density at radius 1 is 1.20 bits per heavy atom. The van der Waals surface area contributed by atoms with E-state index in [4.69, 9.17) is 0 Å². The maximum absolute atomic E-state index is 13.2. The van der Waals surface area contributed by atoms with Gasteiger partial charge in [0.1, 0.15) is 10.0 Å². The molecule has 2 heterocycles. The number of alkyl halides is 1. The second-order valence-electron chi connectivity index (χ2n) is 7.70. The minimum atomic E-state index is -3.77. The molecule has 0 amide bonds. The molecule has 1 saturated carbocycles. The highest BCUT2D eigenvalue weighted by atomic mass is 32.2. The normalized spacial score (nSPS) is 15.6. The molecule has 1 aromatic carbocycles. The lowest BCUT2D eigenvalue weighted by molar-refractivity contribution is 0.367. The molecule has 0 saturated heterocycles. The minimum absolute atomic E-state index is 0.0357. The Hall–Kier alpha value is -2.40. The number of sulfone groups is 1. The van der Waals surface area contributed by atoms with Crippen LogP contribution in [0.2, 0.25) is 0 Å². The molecule has 3 aromatic rings. The number of hydrogen-bond acceptors (Lipinski definition) is 7. The number of aromatic nitrogens is 4. The highest BCUT2D eigenvalue weighted by Gasteiger charge is 2.46. The molecule has 8 nitrogen and oxygen atoms in total. The van der Waals surface area contributed by atoms with E-state index in [1.807, 2.05) is 0 Å². The first-order valence-electron chi connectivity index (χ1n) is 9.55. The summed E-state index contributed by atoms with van der Waals surface area (Å²) in [6.07, 6.45) is 1.08. The number of nitrogens with zero attached hydrogens (tertiary/aromatic N) is 4. The zero-order valence-electron chi connectivity index (χ0n) is 16.6. The summed E-state index contributed by atoms with van der Waals surface area (Å²) in [4.78, 5) is 26.0. The molecule has 30 heavy (non-hydrogen) atoms. The summed E-state index contributed by atoms with van der Waals surface area (Å²) >= 11 is 1.28. The van der Waals surface area contributed by atoms with Gasteiger partial charge in [-0.1, -0.05) is 11.3 Å². The van der Waals surface area contributed by atoms with Crippen molar-refractivity contribution in [2.24, 2.45) is 5.41 Å². The SMILES string of the molecule is CCn1c(=O)n(Cc2nnc(C)s2)c(=O)c2cc(S(=O)(=O)CC3(CF)CC3)ccc21. The number of hydrogen-bond donors (Lipinski definition) is 0. The first-order valence-corrected chi connectivity index (χ1v) is 12.0. The number of aryl methyl sites for hydroxylation is 2. The molecule has 0 spiro atoms. The van der Waals surface area contributed by atoms with E-state index in [0.29, 0.717) is 34.9 Å². The van der Waals surface area contributed by atoms with Gasteiger partial charge in [-0.3, -0.25) is 18.3 Å². The van der Waals surface area contributed by atoms with Crippen molar-refractivity contribution < 1.29 is 12.8 Å². The van der Waals surface area contributed by atoms with Gasteiger partial charge < -0.3 is 0 Å². The monoisotopic (exact) mass is 452 g/mol. The quantitative estimate of drug-likeness (QED) is 0.542. The van der Waals surface area contributed by atoms with E-state index in [-0.39, 0.29) is 22.6 Å². The van der Waals surface area contributed by atoms with Gasteiger partial charge in [0, 0.05) is 12.0 Å². The molecule has 11 heteroatoms. The summed E-state index contributed by atoms with van der Waals surface area (Å²) < 4.78 is 41.4. The predicted molar refractivity (Wildman–Crippen MR) is 112 cm³/mol. The first kappa shape index (κ1) is 20.9. The van der Waals surface area contributed by atoms with Crippen LogP contribution in [-0.4, -0.2) is 40.2 Å². The average Bonchev–Trinajstić information content (AvgIpc) is 3.36. The molecule has 0 aliphatic heterocycles. The maximum Gasteiger partial charge on any atom is 0.331 e. The van der Waals surface area contributed by atoms with Gasteiger partial charge in [-0.2, -0.15) is 0 Å². The molecule has 2 aromatic heterocycles. The second-order valence-corrected chi connectivity index (χ2v) is 11.0. The molecule has 1 aliphatic carbocycles. The Morgan fingerprint density at radius 3 is 2.50 bits per heavy atom. The fraction of sp³-hybridized carbons (Fsp3) is 0.474. The molecule has 160 valence electrons. The molecule has 0 unspecified atom stereocenters. The highest BCUT2D eigenvalue weighted by Crippen LogP contribution is 2.47. The van der Waals surface area contributed by atoms with Crippen molar-refractivity contribution in [2.45, 2.75) is 44.7 Å². The van der Waals surface area contributed by atoms with Gasteiger partial charge >= 0.3 is 5.69 Å². The van der Waals surface area contributed by atoms with Crippen LogP contribution in [0.4, 0.5) is 4.39 Å². The number of rotatable bonds is 7. The molecule has 1 fully saturated rings. The molecule has 0 radical (unpaired) electrons. The molecule has 0 bridgehead atoms. The summed E-state index contributed by atoms with van der Waals surface area (Å²) in [5, 5.41) is 9.23. The van der Waals surface area contributed by atoms with E-state index in [1.54, 1.807) is 13.8 Å². The van der Waals surface area contributed by atoms with Gasteiger partial charge in [0.2, 0.25) is 0 Å². The Balaban J connectivity index is 1.86. The lowest BCUT2D eigenvalue weighted by atomic mass is 10.2. The van der Waals surface area contributed by atoms with E-state index in [9.17, 15) is 22.4 Å². The van der Waals surface area contributed by atoms with Crippen LogP contribution in [0.3, 0.4) is 0 Å². The zero-order chi connectivity index (χ0) is 21.7. The fourth-order valence-corrected chi connectivity index (χ4v) is 6.17. The zero-order valence-corrected chi connectivity index (χ0v) is 18.2. The highest BCUT2D eigenvalue weighted by molar-refractivity contribution is 7.91. The van der Waals surface area contributed by atoms with Crippen LogP contribution in [0.15, 0.2) is 32.7 Å². The van der Waals surface area contributed by atoms with Gasteiger partial charge in [-0.05, 0) is 44.9 Å². The van der Waals surface area contributed by atoms with E-state index in [2.05, 4.69) is 10.2 Å². The summed E-state index contributed by atoms with van der Waals surface area (Å²) in [6, 6.07) is 4.16. The maximum atomic E-state index is 13.2. The summed E-state index contributed by atoms with van der Waals surface area (Å²) in [7, 11) is -3.77. The van der Waals surface area contributed by atoms with Crippen LogP contribution < -0.4 is 11.2 Å². The Labute approximate surface area is 175 Å². The van der Waals surface area contributed by atoms with Crippen LogP contribution in [0.5, 0.6) is 0 Å². The van der Waals surface area contributed by atoms with Crippen molar-refractivity contribution in [3.63, 3.8) is 0 Å². The molecule has 0 N–H and O–H groups in total. The number of halogens is 1. The Bertz CT molecular complexity index is 1350. The average molecular weight is 453 g/mol. The van der Waals surface area contributed by atoms with Crippen molar-refractivity contribution in [1.29, 1.82) is 0 Å². The third-order valence-corrected chi connectivity index (χ3v) is 8.26. The third kappa shape index (κ3) is 3.60. The standard InChI is InChI=1S/C19H21FN4O4S2/c1-3-23-15-5-4-13(30(27,28)11-19(10-20)6-7-19)8-14(15)17(25)24(18(23)26)9-16-22-21-12(2)29-16/h4-5,8H,3,6-7,9-11H2,1-2H3. The van der Waals surface area contributed by atoms with E-state index in [1.165, 1.54) is 34.1 Å². The molecule has 0 atom stereocenters. The number of fused-ring (bicyclic) bond motifs is 1. The van der Waals surface area contributed by atoms with Crippen LogP contribution in [0, 0.1) is 12.3 Å². The van der Waals surface area contributed by atoms with Crippen molar-refractivity contribution in [3.8, 4) is 0 Å². The van der Waals surface area contributed by atoms with E-state index < -0.39 is 33.2 Å². The van der Waals surface area contributed by atoms with Crippen molar-refractivity contribution in [3.05, 3.63) is 49.1 Å². The van der Waals surface area contributed by atoms with Gasteiger partial charge in [0.25, 0.3) is 5.56 Å².